The normalized spacial score (nSPS) is 18.9. The molecule has 1 saturated heterocycles. The van der Waals surface area contributed by atoms with Gasteiger partial charge in [0.2, 0.25) is 0 Å². The molecule has 20 heavy (non-hydrogen) atoms. The van der Waals surface area contributed by atoms with E-state index in [1.807, 2.05) is 12.1 Å². The highest BCUT2D eigenvalue weighted by molar-refractivity contribution is 5.41. The summed E-state index contributed by atoms with van der Waals surface area (Å²) >= 11 is 0. The predicted molar refractivity (Wildman–Crippen MR) is 81.3 cm³/mol. The molecule has 0 amide bonds. The van der Waals surface area contributed by atoms with E-state index in [1.54, 1.807) is 13.2 Å². The van der Waals surface area contributed by atoms with Crippen LogP contribution in [0.2, 0.25) is 0 Å². The molecular formula is C16H26N2O2. The lowest BCUT2D eigenvalue weighted by atomic mass is 10.1. The molecule has 1 fully saturated rings. The minimum absolute atomic E-state index is 0.225. The van der Waals surface area contributed by atoms with E-state index in [1.165, 1.54) is 6.42 Å². The van der Waals surface area contributed by atoms with E-state index in [2.05, 4.69) is 23.6 Å². The summed E-state index contributed by atoms with van der Waals surface area (Å²) in [4.78, 5) is 5.00. The molecule has 112 valence electrons. The van der Waals surface area contributed by atoms with Crippen LogP contribution in [0.4, 0.5) is 0 Å². The quantitative estimate of drug-likeness (QED) is 0.896. The number of nitrogens with zero attached hydrogens (tertiary/aromatic N) is 2. The molecule has 1 N–H and O–H groups in total. The first kappa shape index (κ1) is 15.1. The first-order valence-electron chi connectivity index (χ1n) is 7.46. The van der Waals surface area contributed by atoms with Crippen LogP contribution in [0.5, 0.6) is 11.5 Å². The highest BCUT2D eigenvalue weighted by Crippen LogP contribution is 2.26. The average molecular weight is 278 g/mol. The molecule has 1 aliphatic heterocycles. The van der Waals surface area contributed by atoms with Crippen molar-refractivity contribution in [2.24, 2.45) is 0 Å². The van der Waals surface area contributed by atoms with Crippen molar-refractivity contribution in [3.05, 3.63) is 23.8 Å². The summed E-state index contributed by atoms with van der Waals surface area (Å²) in [5, 5.41) is 9.82. The Labute approximate surface area is 122 Å². The number of methoxy groups -OCH3 is 1. The monoisotopic (exact) mass is 278 g/mol. The molecule has 0 bridgehead atoms. The fourth-order valence-corrected chi connectivity index (χ4v) is 2.71. The Bertz CT molecular complexity index is 428. The van der Waals surface area contributed by atoms with Gasteiger partial charge in [-0.1, -0.05) is 13.0 Å². The molecule has 0 aliphatic carbocycles. The van der Waals surface area contributed by atoms with Gasteiger partial charge in [-0.3, -0.25) is 9.80 Å². The van der Waals surface area contributed by atoms with Crippen LogP contribution < -0.4 is 4.74 Å². The third-order valence-electron chi connectivity index (χ3n) is 4.27. The Kier molecular flexibility index (Phi) is 5.26. The Morgan fingerprint density at radius 3 is 2.50 bits per heavy atom. The number of piperazine rings is 1. The third kappa shape index (κ3) is 3.64. The van der Waals surface area contributed by atoms with Crippen LogP contribution in [0.1, 0.15) is 25.8 Å². The lowest BCUT2D eigenvalue weighted by Crippen LogP contribution is -2.48. The second kappa shape index (κ2) is 6.95. The average Bonchev–Trinajstić information content (AvgIpc) is 2.47. The van der Waals surface area contributed by atoms with Crippen LogP contribution in [0.15, 0.2) is 18.2 Å². The van der Waals surface area contributed by atoms with Gasteiger partial charge in [0.05, 0.1) is 7.11 Å². The van der Waals surface area contributed by atoms with Crippen LogP contribution in [0, 0.1) is 0 Å². The zero-order chi connectivity index (χ0) is 14.5. The summed E-state index contributed by atoms with van der Waals surface area (Å²) < 4.78 is 5.07. The van der Waals surface area contributed by atoms with Gasteiger partial charge in [-0.15, -0.1) is 0 Å². The molecule has 0 spiro atoms. The zero-order valence-electron chi connectivity index (χ0n) is 12.8. The van der Waals surface area contributed by atoms with Gasteiger partial charge in [0, 0.05) is 38.8 Å². The van der Waals surface area contributed by atoms with Gasteiger partial charge in [-0.2, -0.15) is 0 Å². The van der Waals surface area contributed by atoms with Gasteiger partial charge in [0.15, 0.2) is 11.5 Å². The van der Waals surface area contributed by atoms with Gasteiger partial charge in [-0.25, -0.2) is 0 Å². The highest BCUT2D eigenvalue weighted by Gasteiger charge is 2.20. The van der Waals surface area contributed by atoms with Crippen molar-refractivity contribution in [2.75, 3.05) is 33.3 Å². The van der Waals surface area contributed by atoms with Crippen LogP contribution in [0.25, 0.3) is 0 Å². The van der Waals surface area contributed by atoms with Crippen molar-refractivity contribution < 1.29 is 9.84 Å². The van der Waals surface area contributed by atoms with Gasteiger partial charge in [0.1, 0.15) is 0 Å². The Hall–Kier alpha value is -1.26. The molecule has 1 atom stereocenters. The van der Waals surface area contributed by atoms with Crippen LogP contribution in [0.3, 0.4) is 0 Å². The standard InChI is InChI=1S/C16H26N2O2/c1-4-13(2)18-9-7-17(8-10-18)12-14-5-6-16(20-3)15(19)11-14/h5-6,11,13,19H,4,7-10,12H2,1-3H3. The van der Waals surface area contributed by atoms with E-state index >= 15 is 0 Å². The van der Waals surface area contributed by atoms with Crippen LogP contribution >= 0.6 is 0 Å². The Balaban J connectivity index is 1.88. The number of rotatable bonds is 5. The number of phenols is 1. The molecule has 2 rings (SSSR count). The second-order valence-electron chi connectivity index (χ2n) is 5.58. The van der Waals surface area contributed by atoms with Crippen molar-refractivity contribution >= 4 is 0 Å². The SMILES string of the molecule is CCC(C)N1CCN(Cc2ccc(OC)c(O)c2)CC1. The first-order chi connectivity index (χ1) is 9.63. The number of aromatic hydroxyl groups is 1. The van der Waals surface area contributed by atoms with Crippen molar-refractivity contribution in [3.8, 4) is 11.5 Å². The Morgan fingerprint density at radius 2 is 1.95 bits per heavy atom. The minimum Gasteiger partial charge on any atom is -0.504 e. The topological polar surface area (TPSA) is 35.9 Å². The number of phenolic OH excluding ortho intramolecular Hbond substituents is 1. The maximum Gasteiger partial charge on any atom is 0.160 e. The summed E-state index contributed by atoms with van der Waals surface area (Å²) in [7, 11) is 1.57. The maximum atomic E-state index is 9.82. The fraction of sp³-hybridized carbons (Fsp3) is 0.625. The molecule has 1 unspecified atom stereocenters. The number of hydrogen-bond acceptors (Lipinski definition) is 4. The Morgan fingerprint density at radius 1 is 1.25 bits per heavy atom. The molecule has 1 aromatic rings. The first-order valence-corrected chi connectivity index (χ1v) is 7.46. The van der Waals surface area contributed by atoms with E-state index in [0.717, 1.165) is 38.3 Å². The summed E-state index contributed by atoms with van der Waals surface area (Å²) in [6.07, 6.45) is 1.21. The summed E-state index contributed by atoms with van der Waals surface area (Å²) in [5.41, 5.74) is 1.14. The summed E-state index contributed by atoms with van der Waals surface area (Å²) in [6, 6.07) is 6.35. The van der Waals surface area contributed by atoms with E-state index in [9.17, 15) is 5.11 Å². The number of hydrogen-bond donors (Lipinski definition) is 1. The van der Waals surface area contributed by atoms with E-state index < -0.39 is 0 Å². The van der Waals surface area contributed by atoms with E-state index in [-0.39, 0.29) is 5.75 Å². The molecule has 4 heteroatoms. The molecule has 1 heterocycles. The molecular weight excluding hydrogens is 252 g/mol. The minimum atomic E-state index is 0.225. The van der Waals surface area contributed by atoms with Crippen molar-refractivity contribution in [2.45, 2.75) is 32.9 Å². The zero-order valence-corrected chi connectivity index (χ0v) is 12.8. The van der Waals surface area contributed by atoms with Crippen molar-refractivity contribution in [1.29, 1.82) is 0 Å². The molecule has 1 aliphatic rings. The molecule has 0 radical (unpaired) electrons. The maximum absolute atomic E-state index is 9.82. The van der Waals surface area contributed by atoms with E-state index in [4.69, 9.17) is 4.74 Å². The van der Waals surface area contributed by atoms with Gasteiger partial charge < -0.3 is 9.84 Å². The molecule has 1 aromatic carbocycles. The molecule has 0 saturated carbocycles. The van der Waals surface area contributed by atoms with Gasteiger partial charge in [0.25, 0.3) is 0 Å². The fourth-order valence-electron chi connectivity index (χ4n) is 2.71. The number of benzene rings is 1. The molecule has 0 aromatic heterocycles. The van der Waals surface area contributed by atoms with Crippen molar-refractivity contribution in [3.63, 3.8) is 0 Å². The van der Waals surface area contributed by atoms with Gasteiger partial charge >= 0.3 is 0 Å². The lowest BCUT2D eigenvalue weighted by molar-refractivity contribution is 0.0963. The largest absolute Gasteiger partial charge is 0.504 e. The summed E-state index contributed by atoms with van der Waals surface area (Å²) in [5.74, 6) is 0.763. The number of ether oxygens (including phenoxy) is 1. The second-order valence-corrected chi connectivity index (χ2v) is 5.58. The summed E-state index contributed by atoms with van der Waals surface area (Å²) in [6.45, 7) is 9.91. The third-order valence-corrected chi connectivity index (χ3v) is 4.27. The van der Waals surface area contributed by atoms with Crippen LogP contribution in [-0.2, 0) is 6.54 Å². The lowest BCUT2D eigenvalue weighted by Gasteiger charge is -2.37. The van der Waals surface area contributed by atoms with Gasteiger partial charge in [-0.05, 0) is 31.0 Å². The van der Waals surface area contributed by atoms with Crippen LogP contribution in [-0.4, -0.2) is 54.2 Å². The predicted octanol–water partition coefficient (Wildman–Crippen LogP) is 2.32. The molecule has 4 nitrogen and oxygen atoms in total. The smallest absolute Gasteiger partial charge is 0.160 e. The highest BCUT2D eigenvalue weighted by atomic mass is 16.5. The van der Waals surface area contributed by atoms with Crippen molar-refractivity contribution in [1.82, 2.24) is 9.80 Å². The van der Waals surface area contributed by atoms with E-state index in [0.29, 0.717) is 11.8 Å².